The number of ether oxygens (including phenoxy) is 1. The van der Waals surface area contributed by atoms with Crippen LogP contribution in [0.3, 0.4) is 0 Å². The zero-order chi connectivity index (χ0) is 15.9. The lowest BCUT2D eigenvalue weighted by Crippen LogP contribution is -2.40. The maximum atomic E-state index is 12.3. The molecule has 0 spiro atoms. The number of rotatable bonds is 7. The van der Waals surface area contributed by atoms with Gasteiger partial charge in [0.2, 0.25) is 5.91 Å². The molecule has 0 aliphatic carbocycles. The number of carbonyl (C=O) groups is 1. The third kappa shape index (κ3) is 4.65. The van der Waals surface area contributed by atoms with E-state index in [0.29, 0.717) is 0 Å². The zero-order valence-corrected chi connectivity index (χ0v) is 14.5. The molecule has 1 heterocycles. The van der Waals surface area contributed by atoms with Crippen LogP contribution in [-0.4, -0.2) is 49.1 Å². The average Bonchev–Trinajstić information content (AvgIpc) is 3.06. The average molecular weight is 322 g/mol. The van der Waals surface area contributed by atoms with Crippen LogP contribution in [0.2, 0.25) is 0 Å². The van der Waals surface area contributed by atoms with E-state index in [-0.39, 0.29) is 17.2 Å². The lowest BCUT2D eigenvalue weighted by Gasteiger charge is -2.26. The van der Waals surface area contributed by atoms with E-state index in [0.717, 1.165) is 30.9 Å². The van der Waals surface area contributed by atoms with Crippen LogP contribution in [0.5, 0.6) is 5.75 Å². The minimum Gasteiger partial charge on any atom is -0.497 e. The molecule has 122 valence electrons. The first-order valence-corrected chi connectivity index (χ1v) is 9.12. The molecule has 4 nitrogen and oxygen atoms in total. The quantitative estimate of drug-likeness (QED) is 0.838. The van der Waals surface area contributed by atoms with Gasteiger partial charge in [0.15, 0.2) is 0 Å². The van der Waals surface area contributed by atoms with Crippen LogP contribution in [0.1, 0.15) is 31.4 Å². The van der Waals surface area contributed by atoms with Crippen molar-refractivity contribution in [2.45, 2.75) is 31.1 Å². The van der Waals surface area contributed by atoms with Gasteiger partial charge in [0, 0.05) is 6.54 Å². The molecule has 5 heteroatoms. The molecule has 0 bridgehead atoms. The minimum absolute atomic E-state index is 0.0284. The fraction of sp³-hybridized carbons (Fsp3) is 0.588. The van der Waals surface area contributed by atoms with Gasteiger partial charge in [-0.3, -0.25) is 4.79 Å². The summed E-state index contributed by atoms with van der Waals surface area (Å²) in [5, 5.41) is 3.18. The van der Waals surface area contributed by atoms with E-state index in [2.05, 4.69) is 10.2 Å². The molecule has 0 saturated carbocycles. The Bertz CT molecular complexity index is 472. The van der Waals surface area contributed by atoms with E-state index >= 15 is 0 Å². The molecule has 1 aliphatic rings. The molecule has 2 atom stereocenters. The number of hydrogen-bond acceptors (Lipinski definition) is 4. The summed E-state index contributed by atoms with van der Waals surface area (Å²) >= 11 is 1.57. The maximum Gasteiger partial charge on any atom is 0.233 e. The van der Waals surface area contributed by atoms with Gasteiger partial charge in [-0.2, -0.15) is 11.8 Å². The topological polar surface area (TPSA) is 41.6 Å². The van der Waals surface area contributed by atoms with Crippen molar-refractivity contribution in [2.75, 3.05) is 33.0 Å². The van der Waals surface area contributed by atoms with Crippen molar-refractivity contribution in [1.82, 2.24) is 10.2 Å². The monoisotopic (exact) mass is 322 g/mol. The number of carbonyl (C=O) groups excluding carboxylic acids is 1. The molecule has 22 heavy (non-hydrogen) atoms. The fourth-order valence-electron chi connectivity index (χ4n) is 2.69. The van der Waals surface area contributed by atoms with E-state index in [1.54, 1.807) is 18.9 Å². The number of amides is 1. The van der Waals surface area contributed by atoms with Gasteiger partial charge >= 0.3 is 0 Å². The molecular formula is C17H26N2O2S. The van der Waals surface area contributed by atoms with Crippen LogP contribution in [-0.2, 0) is 4.79 Å². The summed E-state index contributed by atoms with van der Waals surface area (Å²) in [5.74, 6) is 0.944. The summed E-state index contributed by atoms with van der Waals surface area (Å²) in [6.07, 6.45) is 4.47. The molecule has 1 saturated heterocycles. The number of nitrogens with one attached hydrogen (secondary N) is 1. The van der Waals surface area contributed by atoms with Gasteiger partial charge in [-0.05, 0) is 56.8 Å². The van der Waals surface area contributed by atoms with Crippen LogP contribution < -0.4 is 10.1 Å². The van der Waals surface area contributed by atoms with Gasteiger partial charge < -0.3 is 15.0 Å². The predicted octanol–water partition coefficient (Wildman–Crippen LogP) is 2.70. The highest BCUT2D eigenvalue weighted by Crippen LogP contribution is 2.21. The van der Waals surface area contributed by atoms with Crippen LogP contribution in [0.25, 0.3) is 0 Å². The third-order valence-electron chi connectivity index (χ3n) is 4.20. The number of nitrogens with zero attached hydrogens (tertiary/aromatic N) is 1. The Labute approximate surface area is 137 Å². The summed E-state index contributed by atoms with van der Waals surface area (Å²) in [4.78, 5) is 14.7. The van der Waals surface area contributed by atoms with Crippen LogP contribution in [0, 0.1) is 0 Å². The molecular weight excluding hydrogens is 296 g/mol. The third-order valence-corrected chi connectivity index (χ3v) is 5.12. The van der Waals surface area contributed by atoms with Crippen molar-refractivity contribution in [3.63, 3.8) is 0 Å². The lowest BCUT2D eigenvalue weighted by molar-refractivity contribution is -0.121. The fourth-order valence-corrected chi connectivity index (χ4v) is 2.97. The summed E-state index contributed by atoms with van der Waals surface area (Å²) in [6.45, 7) is 5.07. The Morgan fingerprint density at radius 1 is 1.32 bits per heavy atom. The van der Waals surface area contributed by atoms with Crippen molar-refractivity contribution >= 4 is 17.7 Å². The molecule has 0 unspecified atom stereocenters. The molecule has 2 rings (SSSR count). The molecule has 0 radical (unpaired) electrons. The second kappa shape index (κ2) is 8.44. The molecule has 1 aromatic carbocycles. The van der Waals surface area contributed by atoms with Crippen LogP contribution >= 0.6 is 11.8 Å². The summed E-state index contributed by atoms with van der Waals surface area (Å²) in [7, 11) is 1.67. The number of benzene rings is 1. The molecule has 1 N–H and O–H groups in total. The minimum atomic E-state index is -0.0284. The normalized spacial score (nSPS) is 18.0. The second-order valence-electron chi connectivity index (χ2n) is 5.72. The smallest absolute Gasteiger partial charge is 0.233 e. The van der Waals surface area contributed by atoms with E-state index in [1.807, 2.05) is 37.4 Å². The highest BCUT2D eigenvalue weighted by atomic mass is 32.2. The summed E-state index contributed by atoms with van der Waals surface area (Å²) in [6, 6.07) is 8.03. The van der Waals surface area contributed by atoms with E-state index in [1.165, 1.54) is 12.8 Å². The second-order valence-corrected chi connectivity index (χ2v) is 6.90. The Kier molecular flexibility index (Phi) is 6.58. The number of likely N-dealkylation sites (tertiary alicyclic amines) is 1. The summed E-state index contributed by atoms with van der Waals surface area (Å²) in [5.41, 5.74) is 1.13. The van der Waals surface area contributed by atoms with Crippen molar-refractivity contribution in [1.29, 1.82) is 0 Å². The van der Waals surface area contributed by atoms with E-state index < -0.39 is 0 Å². The van der Waals surface area contributed by atoms with Crippen molar-refractivity contribution < 1.29 is 9.53 Å². The Balaban J connectivity index is 2.10. The number of hydrogen-bond donors (Lipinski definition) is 1. The van der Waals surface area contributed by atoms with E-state index in [4.69, 9.17) is 4.74 Å². The Morgan fingerprint density at radius 3 is 2.50 bits per heavy atom. The zero-order valence-electron chi connectivity index (χ0n) is 13.7. The molecule has 1 aliphatic heterocycles. The molecule has 0 aromatic heterocycles. The van der Waals surface area contributed by atoms with Gasteiger partial charge in [-0.15, -0.1) is 0 Å². The van der Waals surface area contributed by atoms with Gasteiger partial charge in [0.05, 0.1) is 18.4 Å². The number of methoxy groups -OCH3 is 1. The van der Waals surface area contributed by atoms with Gasteiger partial charge in [0.1, 0.15) is 5.75 Å². The predicted molar refractivity (Wildman–Crippen MR) is 92.5 cm³/mol. The largest absolute Gasteiger partial charge is 0.497 e. The Hall–Kier alpha value is -1.20. The highest BCUT2D eigenvalue weighted by Gasteiger charge is 2.22. The van der Waals surface area contributed by atoms with Crippen LogP contribution in [0.4, 0.5) is 0 Å². The van der Waals surface area contributed by atoms with Crippen molar-refractivity contribution in [3.05, 3.63) is 29.8 Å². The highest BCUT2D eigenvalue weighted by molar-refractivity contribution is 7.99. The van der Waals surface area contributed by atoms with Crippen molar-refractivity contribution in [3.8, 4) is 5.75 Å². The first kappa shape index (κ1) is 17.2. The molecule has 1 fully saturated rings. The molecule has 1 amide bonds. The molecule has 1 aromatic rings. The first-order chi connectivity index (χ1) is 10.6. The lowest BCUT2D eigenvalue weighted by atomic mass is 10.1. The SMILES string of the molecule is COc1ccc([C@@H](CN2CCCC2)NC(=O)[C@H](C)SC)cc1. The Morgan fingerprint density at radius 2 is 1.95 bits per heavy atom. The summed E-state index contributed by atoms with van der Waals surface area (Å²) < 4.78 is 5.22. The maximum absolute atomic E-state index is 12.3. The van der Waals surface area contributed by atoms with Gasteiger partial charge in [-0.25, -0.2) is 0 Å². The van der Waals surface area contributed by atoms with Crippen LogP contribution in [0.15, 0.2) is 24.3 Å². The first-order valence-electron chi connectivity index (χ1n) is 7.83. The van der Waals surface area contributed by atoms with Crippen molar-refractivity contribution in [2.24, 2.45) is 0 Å². The van der Waals surface area contributed by atoms with Gasteiger partial charge in [0.25, 0.3) is 0 Å². The van der Waals surface area contributed by atoms with E-state index in [9.17, 15) is 4.79 Å². The number of thioether (sulfide) groups is 1. The van der Waals surface area contributed by atoms with Gasteiger partial charge in [-0.1, -0.05) is 12.1 Å². The standard InChI is InChI=1S/C17H26N2O2S/c1-13(22-3)17(20)18-16(12-19-10-4-5-11-19)14-6-8-15(21-2)9-7-14/h6-9,13,16H,4-5,10-12H2,1-3H3,(H,18,20)/t13-,16+/m0/s1.